The number of nitrogens with one attached hydrogen (secondary N) is 2. The number of carbonyl (C=O) groups is 1. The highest BCUT2D eigenvalue weighted by atomic mass is 16.1. The van der Waals surface area contributed by atoms with E-state index in [0.717, 1.165) is 34.8 Å². The molecule has 1 aliphatic rings. The van der Waals surface area contributed by atoms with Crippen molar-refractivity contribution in [1.29, 1.82) is 0 Å². The average Bonchev–Trinajstić information content (AvgIpc) is 3.43. The van der Waals surface area contributed by atoms with E-state index in [-0.39, 0.29) is 5.78 Å². The van der Waals surface area contributed by atoms with Gasteiger partial charge in [-0.15, -0.1) is 5.10 Å². The highest BCUT2D eigenvalue weighted by molar-refractivity contribution is 6.08. The van der Waals surface area contributed by atoms with Gasteiger partial charge in [0.05, 0.1) is 17.4 Å². The van der Waals surface area contributed by atoms with Crippen molar-refractivity contribution in [2.24, 2.45) is 0 Å². The molecule has 140 valence electrons. The van der Waals surface area contributed by atoms with Crippen LogP contribution in [0.25, 0.3) is 22.1 Å². The predicted molar refractivity (Wildman–Crippen MR) is 104 cm³/mol. The van der Waals surface area contributed by atoms with E-state index in [2.05, 4.69) is 42.2 Å². The van der Waals surface area contributed by atoms with E-state index in [0.29, 0.717) is 24.6 Å². The van der Waals surface area contributed by atoms with Crippen molar-refractivity contribution in [3.05, 3.63) is 48.8 Å². The van der Waals surface area contributed by atoms with Crippen molar-refractivity contribution in [2.75, 3.05) is 11.4 Å². The topological polar surface area (TPSA) is 116 Å². The summed E-state index contributed by atoms with van der Waals surface area (Å²) >= 11 is 0. The molecule has 0 aliphatic carbocycles. The van der Waals surface area contributed by atoms with Crippen LogP contribution in [0.4, 0.5) is 5.95 Å². The number of carbonyl (C=O) groups excluding carboxylic acids is 1. The molecule has 4 aromatic rings. The number of ketones is 1. The van der Waals surface area contributed by atoms with Gasteiger partial charge >= 0.3 is 0 Å². The third-order valence-electron chi connectivity index (χ3n) is 5.48. The molecule has 0 spiro atoms. The number of imidazole rings is 1. The van der Waals surface area contributed by atoms with Gasteiger partial charge in [0.25, 0.3) is 5.95 Å². The molecule has 2 N–H and O–H groups in total. The molecule has 3 aromatic heterocycles. The lowest BCUT2D eigenvalue weighted by Gasteiger charge is -2.45. The smallest absolute Gasteiger partial charge is 0.266 e. The van der Waals surface area contributed by atoms with Crippen LogP contribution in [0.3, 0.4) is 0 Å². The molecular weight excluding hydrogens is 356 g/mol. The van der Waals surface area contributed by atoms with Crippen molar-refractivity contribution in [2.45, 2.75) is 24.8 Å². The first-order chi connectivity index (χ1) is 13.8. The van der Waals surface area contributed by atoms with Crippen molar-refractivity contribution >= 4 is 33.8 Å². The average molecular weight is 374 g/mol. The van der Waals surface area contributed by atoms with Crippen molar-refractivity contribution in [3.8, 4) is 0 Å². The summed E-state index contributed by atoms with van der Waals surface area (Å²) in [7, 11) is 0. The number of tetrazole rings is 1. The van der Waals surface area contributed by atoms with Crippen molar-refractivity contribution < 1.29 is 4.79 Å². The monoisotopic (exact) mass is 374 g/mol. The van der Waals surface area contributed by atoms with Crippen molar-refractivity contribution in [1.82, 2.24) is 35.6 Å². The minimum absolute atomic E-state index is 0.107. The quantitative estimate of drug-likeness (QED) is 0.526. The SMILES string of the molecule is C=CC(=O)C1(c2c3ccccc3nc3nc[nH]c23)CCCCN1c1nn[nH]n1. The van der Waals surface area contributed by atoms with Gasteiger partial charge < -0.3 is 9.88 Å². The zero-order chi connectivity index (χ0) is 19.1. The lowest BCUT2D eigenvalue weighted by atomic mass is 9.75. The first kappa shape index (κ1) is 16.5. The van der Waals surface area contributed by atoms with Crippen LogP contribution >= 0.6 is 0 Å². The van der Waals surface area contributed by atoms with Gasteiger partial charge in [-0.3, -0.25) is 4.79 Å². The van der Waals surface area contributed by atoms with Crippen molar-refractivity contribution in [3.63, 3.8) is 0 Å². The highest BCUT2D eigenvalue weighted by Crippen LogP contribution is 2.45. The second-order valence-corrected chi connectivity index (χ2v) is 6.85. The van der Waals surface area contributed by atoms with Gasteiger partial charge in [-0.25, -0.2) is 9.97 Å². The summed E-state index contributed by atoms with van der Waals surface area (Å²) in [6.45, 7) is 4.42. The van der Waals surface area contributed by atoms with E-state index in [1.807, 2.05) is 29.2 Å². The highest BCUT2D eigenvalue weighted by Gasteiger charge is 2.49. The number of hydrogen-bond donors (Lipinski definition) is 2. The lowest BCUT2D eigenvalue weighted by molar-refractivity contribution is -0.120. The second kappa shape index (κ2) is 6.22. The van der Waals surface area contributed by atoms with Crippen LogP contribution in [0.15, 0.2) is 43.2 Å². The van der Waals surface area contributed by atoms with Crippen LogP contribution in [-0.2, 0) is 10.3 Å². The number of anilines is 1. The molecule has 9 nitrogen and oxygen atoms in total. The number of H-pyrrole nitrogens is 2. The Morgan fingerprint density at radius 2 is 2.18 bits per heavy atom. The first-order valence-corrected chi connectivity index (χ1v) is 9.16. The minimum atomic E-state index is -1.02. The Kier molecular flexibility index (Phi) is 3.68. The molecule has 1 aliphatic heterocycles. The normalized spacial score (nSPS) is 19.9. The largest absolute Gasteiger partial charge is 0.343 e. The fourth-order valence-corrected chi connectivity index (χ4v) is 4.34. The Bertz CT molecular complexity index is 1180. The Morgan fingerprint density at radius 3 is 3.00 bits per heavy atom. The maximum absolute atomic E-state index is 13.5. The molecule has 28 heavy (non-hydrogen) atoms. The third-order valence-corrected chi connectivity index (χ3v) is 5.48. The Hall–Kier alpha value is -3.62. The van der Waals surface area contributed by atoms with E-state index in [4.69, 9.17) is 0 Å². The fraction of sp³-hybridized carbons (Fsp3) is 0.263. The summed E-state index contributed by atoms with van der Waals surface area (Å²) < 4.78 is 0. The van der Waals surface area contributed by atoms with Gasteiger partial charge in [0.15, 0.2) is 11.4 Å². The summed E-state index contributed by atoms with van der Waals surface area (Å²) in [6, 6.07) is 7.79. The molecule has 9 heteroatoms. The van der Waals surface area contributed by atoms with E-state index in [9.17, 15) is 4.79 Å². The summed E-state index contributed by atoms with van der Waals surface area (Å²) in [5.41, 5.74) is 1.91. The number of para-hydroxylation sites is 1. The van der Waals surface area contributed by atoms with Crippen LogP contribution in [0.1, 0.15) is 24.8 Å². The molecule has 0 saturated carbocycles. The number of aromatic amines is 2. The number of aromatic nitrogens is 7. The second-order valence-electron chi connectivity index (χ2n) is 6.85. The third kappa shape index (κ3) is 2.19. The van der Waals surface area contributed by atoms with Crippen LogP contribution < -0.4 is 4.90 Å². The van der Waals surface area contributed by atoms with Gasteiger partial charge in [-0.05, 0) is 36.6 Å². The van der Waals surface area contributed by atoms with E-state index >= 15 is 0 Å². The number of fused-ring (bicyclic) bond motifs is 2. The lowest BCUT2D eigenvalue weighted by Crippen LogP contribution is -2.55. The number of benzene rings is 1. The van der Waals surface area contributed by atoms with Gasteiger partial charge in [-0.2, -0.15) is 5.21 Å². The number of nitrogens with zero attached hydrogens (tertiary/aromatic N) is 6. The number of pyridine rings is 1. The molecule has 0 amide bonds. The molecule has 0 radical (unpaired) electrons. The Balaban J connectivity index is 1.92. The van der Waals surface area contributed by atoms with Crippen LogP contribution in [-0.4, -0.2) is 47.9 Å². The first-order valence-electron chi connectivity index (χ1n) is 9.16. The predicted octanol–water partition coefficient (Wildman–Crippen LogP) is 2.27. The molecule has 0 bridgehead atoms. The molecule has 4 heterocycles. The van der Waals surface area contributed by atoms with Crippen LogP contribution in [0.5, 0.6) is 0 Å². The summed E-state index contributed by atoms with van der Waals surface area (Å²) in [4.78, 5) is 27.6. The zero-order valence-corrected chi connectivity index (χ0v) is 15.1. The Labute approximate surface area is 159 Å². The molecular formula is C19H18N8O. The summed E-state index contributed by atoms with van der Waals surface area (Å²) in [5, 5.41) is 15.5. The zero-order valence-electron chi connectivity index (χ0n) is 15.1. The molecule has 1 unspecified atom stereocenters. The maximum atomic E-state index is 13.5. The standard InChI is InChI=1S/C19H18N8O/c1-2-14(28)19(9-5-6-10-27(19)18-23-25-26-24-18)15-12-7-3-4-8-13(12)22-17-16(15)20-11-21-17/h2-4,7-8,11H,1,5-6,9-10H2,(H,20,21,22)(H,23,24,25,26). The van der Waals surface area contributed by atoms with Gasteiger partial charge in [0.1, 0.15) is 5.54 Å². The van der Waals surface area contributed by atoms with Crippen LogP contribution in [0, 0.1) is 0 Å². The summed E-state index contributed by atoms with van der Waals surface area (Å²) in [5.74, 6) is 0.285. The number of hydrogen-bond acceptors (Lipinski definition) is 7. The Morgan fingerprint density at radius 1 is 1.29 bits per heavy atom. The molecule has 1 atom stereocenters. The van der Waals surface area contributed by atoms with E-state index in [1.54, 1.807) is 6.33 Å². The van der Waals surface area contributed by atoms with E-state index < -0.39 is 5.54 Å². The molecule has 5 rings (SSSR count). The number of piperidine rings is 1. The molecule has 1 fully saturated rings. The summed E-state index contributed by atoms with van der Waals surface area (Å²) in [6.07, 6.45) is 5.41. The number of rotatable bonds is 4. The van der Waals surface area contributed by atoms with E-state index in [1.165, 1.54) is 6.08 Å². The van der Waals surface area contributed by atoms with Gasteiger partial charge in [-0.1, -0.05) is 29.9 Å². The maximum Gasteiger partial charge on any atom is 0.266 e. The van der Waals surface area contributed by atoms with Gasteiger partial charge in [0.2, 0.25) is 0 Å². The van der Waals surface area contributed by atoms with Gasteiger partial charge in [0, 0.05) is 17.5 Å². The fourth-order valence-electron chi connectivity index (χ4n) is 4.34. The minimum Gasteiger partial charge on any atom is -0.343 e. The molecule has 1 aromatic carbocycles. The molecule has 1 saturated heterocycles. The van der Waals surface area contributed by atoms with Crippen LogP contribution in [0.2, 0.25) is 0 Å².